The van der Waals surface area contributed by atoms with Crippen LogP contribution in [0.15, 0.2) is 24.3 Å². The summed E-state index contributed by atoms with van der Waals surface area (Å²) in [6.07, 6.45) is 18.2. The maximum atomic E-state index is 6.22. The van der Waals surface area contributed by atoms with Gasteiger partial charge in [0, 0.05) is 0 Å². The number of rotatable bonds is 9. The van der Waals surface area contributed by atoms with Crippen LogP contribution in [0.5, 0.6) is 0 Å². The van der Waals surface area contributed by atoms with Gasteiger partial charge in [-0.25, -0.2) is 0 Å². The zero-order valence-electron chi connectivity index (χ0n) is 17.9. The fourth-order valence-corrected chi connectivity index (χ4v) is 5.18. The fraction of sp³-hybridized carbons (Fsp3) is 0.769. The van der Waals surface area contributed by atoms with Crippen molar-refractivity contribution >= 4 is 0 Å². The first-order valence-corrected chi connectivity index (χ1v) is 12.0. The van der Waals surface area contributed by atoms with Crippen molar-refractivity contribution in [2.45, 2.75) is 103 Å². The van der Waals surface area contributed by atoms with Crippen molar-refractivity contribution in [3.63, 3.8) is 0 Å². The lowest BCUT2D eigenvalue weighted by molar-refractivity contribution is -0.0198. The average molecular weight is 371 g/mol. The van der Waals surface area contributed by atoms with Crippen molar-refractivity contribution in [1.82, 2.24) is 0 Å². The van der Waals surface area contributed by atoms with Crippen LogP contribution in [0.2, 0.25) is 0 Å². The molecule has 1 heterocycles. The molecule has 27 heavy (non-hydrogen) atoms. The van der Waals surface area contributed by atoms with Crippen LogP contribution >= 0.6 is 0 Å². The van der Waals surface area contributed by atoms with Gasteiger partial charge in [0.25, 0.3) is 0 Å². The molecule has 0 amide bonds. The number of ether oxygens (including phenoxy) is 1. The van der Waals surface area contributed by atoms with E-state index >= 15 is 0 Å². The normalized spacial score (nSPS) is 29.0. The van der Waals surface area contributed by atoms with Gasteiger partial charge in [0.15, 0.2) is 0 Å². The molecule has 0 bridgehead atoms. The van der Waals surface area contributed by atoms with Gasteiger partial charge in [0.05, 0.1) is 12.7 Å². The van der Waals surface area contributed by atoms with Crippen LogP contribution in [0, 0.1) is 17.8 Å². The van der Waals surface area contributed by atoms with Gasteiger partial charge in [-0.1, -0.05) is 89.5 Å². The summed E-state index contributed by atoms with van der Waals surface area (Å²) >= 11 is 0. The van der Waals surface area contributed by atoms with Crippen LogP contribution in [0.1, 0.15) is 108 Å². The van der Waals surface area contributed by atoms with Crippen molar-refractivity contribution in [3.05, 3.63) is 35.4 Å². The van der Waals surface area contributed by atoms with Gasteiger partial charge in [-0.15, -0.1) is 0 Å². The number of unbranched alkanes of at least 4 members (excludes halogenated alkanes) is 2. The van der Waals surface area contributed by atoms with Gasteiger partial charge >= 0.3 is 0 Å². The van der Waals surface area contributed by atoms with E-state index in [9.17, 15) is 0 Å². The van der Waals surface area contributed by atoms with Gasteiger partial charge in [-0.05, 0) is 61.0 Å². The topological polar surface area (TPSA) is 9.23 Å². The molecule has 1 saturated carbocycles. The van der Waals surface area contributed by atoms with Crippen molar-refractivity contribution in [2.24, 2.45) is 17.8 Å². The zero-order chi connectivity index (χ0) is 18.9. The van der Waals surface area contributed by atoms with E-state index in [0.717, 1.165) is 24.4 Å². The number of benzene rings is 1. The molecule has 0 spiro atoms. The molecule has 2 atom stereocenters. The van der Waals surface area contributed by atoms with Crippen LogP contribution in [0.4, 0.5) is 0 Å². The van der Waals surface area contributed by atoms with E-state index < -0.39 is 0 Å². The monoisotopic (exact) mass is 370 g/mol. The molecule has 2 unspecified atom stereocenters. The van der Waals surface area contributed by atoms with Gasteiger partial charge in [0.2, 0.25) is 0 Å². The van der Waals surface area contributed by atoms with Gasteiger partial charge in [-0.3, -0.25) is 0 Å². The van der Waals surface area contributed by atoms with Gasteiger partial charge in [0.1, 0.15) is 0 Å². The first kappa shape index (κ1) is 20.9. The summed E-state index contributed by atoms with van der Waals surface area (Å²) in [7, 11) is 0. The lowest BCUT2D eigenvalue weighted by Crippen LogP contribution is -2.20. The van der Waals surface area contributed by atoms with Crippen LogP contribution < -0.4 is 0 Å². The molecular weight excluding hydrogens is 328 g/mol. The number of hydrogen-bond donors (Lipinski definition) is 0. The smallest absolute Gasteiger partial charge is 0.0825 e. The Hall–Kier alpha value is -0.820. The minimum atomic E-state index is 0.339. The summed E-state index contributed by atoms with van der Waals surface area (Å²) < 4.78 is 6.22. The quantitative estimate of drug-likeness (QED) is 0.402. The average Bonchev–Trinajstić information content (AvgIpc) is 2.74. The van der Waals surface area contributed by atoms with Crippen molar-refractivity contribution in [1.29, 1.82) is 0 Å². The second-order valence-corrected chi connectivity index (χ2v) is 9.34. The molecule has 1 aromatic rings. The Labute approximate surface area is 168 Å². The Morgan fingerprint density at radius 2 is 1.48 bits per heavy atom. The Kier molecular flexibility index (Phi) is 8.71. The summed E-state index contributed by atoms with van der Waals surface area (Å²) in [6, 6.07) is 9.41. The van der Waals surface area contributed by atoms with Crippen LogP contribution in [-0.2, 0) is 11.2 Å². The van der Waals surface area contributed by atoms with Crippen molar-refractivity contribution in [2.75, 3.05) is 6.61 Å². The fourth-order valence-electron chi connectivity index (χ4n) is 5.18. The summed E-state index contributed by atoms with van der Waals surface area (Å²) in [5.74, 6) is 2.79. The maximum absolute atomic E-state index is 6.22. The minimum Gasteiger partial charge on any atom is -0.373 e. The van der Waals surface area contributed by atoms with E-state index in [-0.39, 0.29) is 0 Å². The first-order valence-electron chi connectivity index (χ1n) is 12.0. The predicted molar refractivity (Wildman–Crippen MR) is 116 cm³/mol. The third kappa shape index (κ3) is 6.63. The number of hydrogen-bond acceptors (Lipinski definition) is 1. The van der Waals surface area contributed by atoms with Crippen molar-refractivity contribution in [3.8, 4) is 0 Å². The van der Waals surface area contributed by atoms with E-state index in [1.54, 1.807) is 0 Å². The molecule has 1 saturated heterocycles. The molecule has 3 rings (SSSR count). The molecule has 1 heteroatoms. The highest BCUT2D eigenvalue weighted by Crippen LogP contribution is 2.34. The Bertz CT molecular complexity index is 504. The molecular formula is C26H42O. The molecule has 2 aliphatic rings. The highest BCUT2D eigenvalue weighted by molar-refractivity contribution is 5.24. The molecule has 1 aliphatic carbocycles. The maximum Gasteiger partial charge on any atom is 0.0825 e. The Balaban J connectivity index is 1.38. The molecule has 152 valence electrons. The first-order chi connectivity index (χ1) is 13.3. The summed E-state index contributed by atoms with van der Waals surface area (Å²) in [4.78, 5) is 0. The summed E-state index contributed by atoms with van der Waals surface area (Å²) in [5, 5.41) is 0. The van der Waals surface area contributed by atoms with Crippen LogP contribution in [0.3, 0.4) is 0 Å². The predicted octanol–water partition coefficient (Wildman–Crippen LogP) is 7.88. The lowest BCUT2D eigenvalue weighted by atomic mass is 9.78. The second-order valence-electron chi connectivity index (χ2n) is 9.34. The molecule has 0 aromatic heterocycles. The second kappa shape index (κ2) is 11.2. The summed E-state index contributed by atoms with van der Waals surface area (Å²) in [6.45, 7) is 5.61. The van der Waals surface area contributed by atoms with E-state index in [4.69, 9.17) is 4.74 Å². The van der Waals surface area contributed by atoms with Crippen LogP contribution in [0.25, 0.3) is 0 Å². The van der Waals surface area contributed by atoms with Gasteiger partial charge < -0.3 is 4.74 Å². The molecule has 2 fully saturated rings. The third-order valence-electron chi connectivity index (χ3n) is 7.32. The van der Waals surface area contributed by atoms with E-state index in [1.165, 1.54) is 94.6 Å². The molecule has 1 nitrogen and oxygen atoms in total. The Morgan fingerprint density at radius 1 is 0.778 bits per heavy atom. The van der Waals surface area contributed by atoms with Crippen molar-refractivity contribution < 1.29 is 4.74 Å². The molecule has 1 aromatic carbocycles. The van der Waals surface area contributed by atoms with Gasteiger partial charge in [-0.2, -0.15) is 0 Å². The van der Waals surface area contributed by atoms with E-state index in [2.05, 4.69) is 38.1 Å². The minimum absolute atomic E-state index is 0.339. The molecule has 0 radical (unpaired) electrons. The molecule has 1 aliphatic heterocycles. The standard InChI is InChI=1S/C26H42O/c1-3-5-6-7-24-16-19-26(27-20-24)25-17-14-23(15-18-25)13-12-22-10-8-21(4-2)9-11-22/h14-15,17-18,21-22,24,26H,3-13,16,19-20H2,1-2H3. The Morgan fingerprint density at radius 3 is 2.11 bits per heavy atom. The van der Waals surface area contributed by atoms with Crippen LogP contribution in [-0.4, -0.2) is 6.61 Å². The summed E-state index contributed by atoms with van der Waals surface area (Å²) in [5.41, 5.74) is 2.92. The SMILES string of the molecule is CCCCCC1CCC(c2ccc(CCC3CCC(CC)CC3)cc2)OC1. The lowest BCUT2D eigenvalue weighted by Gasteiger charge is -2.29. The highest BCUT2D eigenvalue weighted by Gasteiger charge is 2.23. The largest absolute Gasteiger partial charge is 0.373 e. The number of aryl methyl sites for hydroxylation is 1. The molecule has 0 N–H and O–H groups in total. The third-order valence-corrected chi connectivity index (χ3v) is 7.32. The van der Waals surface area contributed by atoms with E-state index in [0.29, 0.717) is 6.10 Å². The zero-order valence-corrected chi connectivity index (χ0v) is 17.9. The van der Waals surface area contributed by atoms with E-state index in [1.807, 2.05) is 0 Å². The highest BCUT2D eigenvalue weighted by atomic mass is 16.5.